The number of likely N-dealkylation sites (N-methyl/N-ethyl adjacent to an activating group) is 1. The molecule has 0 radical (unpaired) electrons. The van der Waals surface area contributed by atoms with E-state index in [-0.39, 0.29) is 12.0 Å². The second-order valence-electron chi connectivity index (χ2n) is 4.41. The molecule has 1 saturated carbocycles. The van der Waals surface area contributed by atoms with Gasteiger partial charge in [0, 0.05) is 18.5 Å². The van der Waals surface area contributed by atoms with Crippen molar-refractivity contribution in [3.05, 3.63) is 16.3 Å². The summed E-state index contributed by atoms with van der Waals surface area (Å²) < 4.78 is 0. The molecule has 1 atom stereocenters. The molecule has 1 aromatic rings. The number of aliphatic hydroxyl groups is 1. The predicted octanol–water partition coefficient (Wildman–Crippen LogP) is 2.31. The Labute approximate surface area is 110 Å². The highest BCUT2D eigenvalue weighted by Crippen LogP contribution is 2.33. The van der Waals surface area contributed by atoms with Crippen LogP contribution in [0.15, 0.2) is 16.3 Å². The fourth-order valence-corrected chi connectivity index (χ4v) is 3.52. The first-order valence-corrected chi connectivity index (χ1v) is 7.79. The Balaban J connectivity index is 1.98. The van der Waals surface area contributed by atoms with Gasteiger partial charge in [0.05, 0.1) is 6.10 Å². The van der Waals surface area contributed by atoms with Gasteiger partial charge in [0.25, 0.3) is 5.91 Å². The van der Waals surface area contributed by atoms with Crippen molar-refractivity contribution in [3.63, 3.8) is 0 Å². The molecule has 0 spiro atoms. The molecular formula is C12H17NO2S2. The highest BCUT2D eigenvalue weighted by Gasteiger charge is 2.31. The van der Waals surface area contributed by atoms with Gasteiger partial charge in [-0.1, -0.05) is 0 Å². The van der Waals surface area contributed by atoms with Gasteiger partial charge in [-0.3, -0.25) is 4.79 Å². The Morgan fingerprint density at radius 2 is 2.41 bits per heavy atom. The molecule has 17 heavy (non-hydrogen) atoms. The highest BCUT2D eigenvalue weighted by molar-refractivity contribution is 7.98. The maximum Gasteiger partial charge on any atom is 0.264 e. The van der Waals surface area contributed by atoms with Crippen LogP contribution < -0.4 is 0 Å². The fourth-order valence-electron chi connectivity index (χ4n) is 1.78. The second kappa shape index (κ2) is 5.42. The van der Waals surface area contributed by atoms with Crippen molar-refractivity contribution in [3.8, 4) is 0 Å². The minimum atomic E-state index is -0.360. The summed E-state index contributed by atoms with van der Waals surface area (Å²) >= 11 is 3.05. The number of hydrogen-bond acceptors (Lipinski definition) is 4. The lowest BCUT2D eigenvalue weighted by atomic mass is 10.2. The summed E-state index contributed by atoms with van der Waals surface area (Å²) in [5, 5.41) is 11.8. The van der Waals surface area contributed by atoms with E-state index in [0.29, 0.717) is 12.5 Å². The van der Waals surface area contributed by atoms with Crippen LogP contribution in [0.4, 0.5) is 0 Å². The molecule has 1 N–H and O–H groups in total. The summed E-state index contributed by atoms with van der Waals surface area (Å²) in [5.41, 5.74) is 0. The number of nitrogens with zero attached hydrogens (tertiary/aromatic N) is 1. The average Bonchev–Trinajstić information content (AvgIpc) is 3.06. The SMILES string of the molecule is CSc1ccsc1C(=O)N(C)CC(O)C1CC1. The Morgan fingerprint density at radius 1 is 1.71 bits per heavy atom. The van der Waals surface area contributed by atoms with Crippen LogP contribution in [-0.2, 0) is 0 Å². The Morgan fingerprint density at radius 3 is 3.00 bits per heavy atom. The molecule has 94 valence electrons. The van der Waals surface area contributed by atoms with Gasteiger partial charge in [-0.15, -0.1) is 23.1 Å². The number of thioether (sulfide) groups is 1. The van der Waals surface area contributed by atoms with E-state index in [1.54, 1.807) is 23.7 Å². The van der Waals surface area contributed by atoms with Gasteiger partial charge in [0.1, 0.15) is 4.88 Å². The van der Waals surface area contributed by atoms with Crippen LogP contribution in [0.25, 0.3) is 0 Å². The first kappa shape index (κ1) is 12.9. The number of hydrogen-bond donors (Lipinski definition) is 1. The van der Waals surface area contributed by atoms with E-state index in [0.717, 1.165) is 22.6 Å². The highest BCUT2D eigenvalue weighted by atomic mass is 32.2. The van der Waals surface area contributed by atoms with E-state index in [9.17, 15) is 9.90 Å². The number of carbonyl (C=O) groups is 1. The lowest BCUT2D eigenvalue weighted by Gasteiger charge is -2.20. The van der Waals surface area contributed by atoms with Crippen LogP contribution in [0.3, 0.4) is 0 Å². The third kappa shape index (κ3) is 3.03. The first-order valence-electron chi connectivity index (χ1n) is 5.68. The smallest absolute Gasteiger partial charge is 0.264 e. The van der Waals surface area contributed by atoms with Crippen molar-refractivity contribution in [2.75, 3.05) is 19.8 Å². The monoisotopic (exact) mass is 271 g/mol. The standard InChI is InChI=1S/C12H17NO2S2/c1-13(7-9(14)8-3-4-8)12(15)11-10(16-2)5-6-17-11/h5-6,8-9,14H,3-4,7H2,1-2H3. The molecule has 2 rings (SSSR count). The Hall–Kier alpha value is -0.520. The molecule has 1 unspecified atom stereocenters. The van der Waals surface area contributed by atoms with Gasteiger partial charge < -0.3 is 10.0 Å². The Kier molecular flexibility index (Phi) is 4.12. The van der Waals surface area contributed by atoms with Crippen molar-refractivity contribution in [1.29, 1.82) is 0 Å². The summed E-state index contributed by atoms with van der Waals surface area (Å²) in [6.07, 6.45) is 3.80. The predicted molar refractivity (Wildman–Crippen MR) is 71.8 cm³/mol. The van der Waals surface area contributed by atoms with E-state index in [4.69, 9.17) is 0 Å². The quantitative estimate of drug-likeness (QED) is 0.836. The molecule has 3 nitrogen and oxygen atoms in total. The number of rotatable bonds is 5. The molecule has 1 aliphatic carbocycles. The fraction of sp³-hybridized carbons (Fsp3) is 0.583. The maximum atomic E-state index is 12.2. The van der Waals surface area contributed by atoms with Crippen LogP contribution in [0, 0.1) is 5.92 Å². The summed E-state index contributed by atoms with van der Waals surface area (Å²) in [6, 6.07) is 1.97. The zero-order chi connectivity index (χ0) is 12.4. The molecule has 0 aromatic carbocycles. The average molecular weight is 271 g/mol. The number of amides is 1. The lowest BCUT2D eigenvalue weighted by Crippen LogP contribution is -2.35. The Bertz CT molecular complexity index is 401. The third-order valence-electron chi connectivity index (χ3n) is 3.02. The van der Waals surface area contributed by atoms with E-state index >= 15 is 0 Å². The van der Waals surface area contributed by atoms with Crippen molar-refractivity contribution >= 4 is 29.0 Å². The third-order valence-corrected chi connectivity index (χ3v) is 4.83. The van der Waals surface area contributed by atoms with Crippen LogP contribution >= 0.6 is 23.1 Å². The first-order chi connectivity index (χ1) is 8.13. The van der Waals surface area contributed by atoms with Gasteiger partial charge >= 0.3 is 0 Å². The van der Waals surface area contributed by atoms with Crippen molar-refractivity contribution in [1.82, 2.24) is 4.90 Å². The molecule has 1 aromatic heterocycles. The number of thiophene rings is 1. The molecule has 0 saturated heterocycles. The van der Waals surface area contributed by atoms with Gasteiger partial charge in [-0.05, 0) is 36.5 Å². The van der Waals surface area contributed by atoms with Crippen LogP contribution in [0.2, 0.25) is 0 Å². The summed E-state index contributed by atoms with van der Waals surface area (Å²) in [5.74, 6) is 0.428. The van der Waals surface area contributed by atoms with Crippen molar-refractivity contribution in [2.24, 2.45) is 5.92 Å². The van der Waals surface area contributed by atoms with Crippen LogP contribution in [0.5, 0.6) is 0 Å². The topological polar surface area (TPSA) is 40.5 Å². The zero-order valence-electron chi connectivity index (χ0n) is 10.0. The normalized spacial score (nSPS) is 16.9. The van der Waals surface area contributed by atoms with Crippen molar-refractivity contribution in [2.45, 2.75) is 23.8 Å². The minimum absolute atomic E-state index is 0.0176. The van der Waals surface area contributed by atoms with E-state index < -0.39 is 0 Å². The van der Waals surface area contributed by atoms with E-state index in [1.165, 1.54) is 11.3 Å². The van der Waals surface area contributed by atoms with Crippen LogP contribution in [0.1, 0.15) is 22.5 Å². The van der Waals surface area contributed by atoms with E-state index in [1.807, 2.05) is 17.7 Å². The molecule has 0 aliphatic heterocycles. The molecule has 1 fully saturated rings. The summed E-state index contributed by atoms with van der Waals surface area (Å²) in [6.45, 7) is 0.440. The number of carbonyl (C=O) groups excluding carboxylic acids is 1. The largest absolute Gasteiger partial charge is 0.391 e. The van der Waals surface area contributed by atoms with Gasteiger partial charge in [0.15, 0.2) is 0 Å². The second-order valence-corrected chi connectivity index (χ2v) is 6.17. The molecule has 1 amide bonds. The molecule has 0 bridgehead atoms. The summed E-state index contributed by atoms with van der Waals surface area (Å²) in [4.78, 5) is 15.6. The van der Waals surface area contributed by atoms with Gasteiger partial charge in [0.2, 0.25) is 0 Å². The van der Waals surface area contributed by atoms with E-state index in [2.05, 4.69) is 0 Å². The number of aliphatic hydroxyl groups excluding tert-OH is 1. The van der Waals surface area contributed by atoms with Gasteiger partial charge in [-0.2, -0.15) is 0 Å². The molecular weight excluding hydrogens is 254 g/mol. The molecule has 1 aliphatic rings. The zero-order valence-corrected chi connectivity index (χ0v) is 11.7. The van der Waals surface area contributed by atoms with Crippen molar-refractivity contribution < 1.29 is 9.90 Å². The molecule has 1 heterocycles. The van der Waals surface area contributed by atoms with Gasteiger partial charge in [-0.25, -0.2) is 0 Å². The minimum Gasteiger partial charge on any atom is -0.391 e. The molecule has 5 heteroatoms. The lowest BCUT2D eigenvalue weighted by molar-refractivity contribution is 0.0647. The van der Waals surface area contributed by atoms with Crippen LogP contribution in [-0.4, -0.2) is 41.9 Å². The maximum absolute atomic E-state index is 12.2. The summed E-state index contributed by atoms with van der Waals surface area (Å²) in [7, 11) is 1.76.